The summed E-state index contributed by atoms with van der Waals surface area (Å²) in [5, 5.41) is 4.21. The lowest BCUT2D eigenvalue weighted by atomic mass is 10.0. The first-order valence-electron chi connectivity index (χ1n) is 11.0. The number of likely N-dealkylation sites (N-methyl/N-ethyl adjacent to an activating group) is 1. The average molecular weight is 495 g/mol. The number of methoxy groups -OCH3 is 2. The van der Waals surface area contributed by atoms with E-state index in [0.29, 0.717) is 40.2 Å². The van der Waals surface area contributed by atoms with Crippen molar-refractivity contribution in [1.29, 1.82) is 0 Å². The van der Waals surface area contributed by atoms with Gasteiger partial charge in [-0.1, -0.05) is 23.2 Å². The number of rotatable bonds is 10. The topological polar surface area (TPSA) is 80.1 Å². The molecule has 0 saturated carbocycles. The Bertz CT molecular complexity index is 963. The van der Waals surface area contributed by atoms with Gasteiger partial charge < -0.3 is 30.3 Å². The predicted octanol–water partition coefficient (Wildman–Crippen LogP) is 3.95. The molecule has 0 unspecified atom stereocenters. The Labute approximate surface area is 205 Å². The number of ether oxygens (including phenoxy) is 2. The maximum Gasteiger partial charge on any atom is 0.227 e. The zero-order valence-electron chi connectivity index (χ0n) is 19.4. The second kappa shape index (κ2) is 11.7. The lowest BCUT2D eigenvalue weighted by molar-refractivity contribution is -0.130. The molecule has 1 heterocycles. The molecule has 33 heavy (non-hydrogen) atoms. The summed E-state index contributed by atoms with van der Waals surface area (Å²) in [5.74, 6) is 1.52. The smallest absolute Gasteiger partial charge is 0.227 e. The molecule has 0 spiro atoms. The highest BCUT2D eigenvalue weighted by atomic mass is 35.5. The first kappa shape index (κ1) is 25.3. The van der Waals surface area contributed by atoms with E-state index in [2.05, 4.69) is 17.3 Å². The minimum absolute atomic E-state index is 0.155. The number of nitrogens with one attached hydrogen (secondary N) is 1. The number of benzene rings is 2. The summed E-state index contributed by atoms with van der Waals surface area (Å²) in [4.78, 5) is 17.0. The Morgan fingerprint density at radius 2 is 1.70 bits per heavy atom. The van der Waals surface area contributed by atoms with Crippen LogP contribution < -0.4 is 20.5 Å². The van der Waals surface area contributed by atoms with Crippen molar-refractivity contribution in [3.8, 4) is 11.5 Å². The number of nitrogens with zero attached hydrogens (tertiary/aromatic N) is 2. The van der Waals surface area contributed by atoms with Crippen molar-refractivity contribution in [2.45, 2.75) is 19.3 Å². The van der Waals surface area contributed by atoms with Gasteiger partial charge in [0.05, 0.1) is 36.4 Å². The fraction of sp³-hybridized carbons (Fsp3) is 0.458. The van der Waals surface area contributed by atoms with Gasteiger partial charge in [-0.05, 0) is 61.8 Å². The number of fused-ring (bicyclic) bond motifs is 1. The minimum atomic E-state index is 0.155. The third kappa shape index (κ3) is 6.59. The molecule has 0 saturated heterocycles. The van der Waals surface area contributed by atoms with Gasteiger partial charge in [-0.15, -0.1) is 0 Å². The average Bonchev–Trinajstić information content (AvgIpc) is 2.94. The molecule has 0 radical (unpaired) electrons. The predicted molar refractivity (Wildman–Crippen MR) is 135 cm³/mol. The summed E-state index contributed by atoms with van der Waals surface area (Å²) < 4.78 is 10.8. The van der Waals surface area contributed by atoms with Gasteiger partial charge in [0.25, 0.3) is 0 Å². The van der Waals surface area contributed by atoms with Crippen LogP contribution in [0.25, 0.3) is 0 Å². The highest BCUT2D eigenvalue weighted by Crippen LogP contribution is 2.33. The monoisotopic (exact) mass is 494 g/mol. The molecule has 2 aromatic carbocycles. The minimum Gasteiger partial charge on any atom is -0.493 e. The van der Waals surface area contributed by atoms with Crippen molar-refractivity contribution in [3.63, 3.8) is 0 Å². The van der Waals surface area contributed by atoms with E-state index in [1.54, 1.807) is 26.4 Å². The van der Waals surface area contributed by atoms with Crippen LogP contribution in [0.5, 0.6) is 11.5 Å². The van der Waals surface area contributed by atoms with Gasteiger partial charge in [0.2, 0.25) is 5.91 Å². The molecule has 0 atom stereocenters. The van der Waals surface area contributed by atoms with Crippen molar-refractivity contribution in [2.75, 3.05) is 65.0 Å². The van der Waals surface area contributed by atoms with Gasteiger partial charge >= 0.3 is 0 Å². The summed E-state index contributed by atoms with van der Waals surface area (Å²) in [7, 11) is 5.31. The lowest BCUT2D eigenvalue weighted by Gasteiger charge is -2.23. The summed E-state index contributed by atoms with van der Waals surface area (Å²) in [6.07, 6.45) is 2.11. The first-order valence-corrected chi connectivity index (χ1v) is 11.8. The van der Waals surface area contributed by atoms with E-state index in [0.717, 1.165) is 55.8 Å². The Kier molecular flexibility index (Phi) is 8.95. The van der Waals surface area contributed by atoms with Crippen LogP contribution in [0.4, 0.5) is 11.4 Å². The third-order valence-electron chi connectivity index (χ3n) is 5.92. The Balaban J connectivity index is 1.44. The zero-order valence-corrected chi connectivity index (χ0v) is 20.9. The van der Waals surface area contributed by atoms with Crippen molar-refractivity contribution in [2.24, 2.45) is 0 Å². The van der Waals surface area contributed by atoms with E-state index < -0.39 is 0 Å². The summed E-state index contributed by atoms with van der Waals surface area (Å²) in [5.41, 5.74) is 9.18. The summed E-state index contributed by atoms with van der Waals surface area (Å²) in [6.45, 7) is 3.93. The van der Waals surface area contributed by atoms with Crippen LogP contribution in [0.2, 0.25) is 10.0 Å². The lowest BCUT2D eigenvalue weighted by Crippen LogP contribution is -2.35. The number of anilines is 2. The normalized spacial score (nSPS) is 13.6. The van der Waals surface area contributed by atoms with E-state index in [1.165, 1.54) is 0 Å². The van der Waals surface area contributed by atoms with Crippen LogP contribution in [-0.4, -0.2) is 69.7 Å². The largest absolute Gasteiger partial charge is 0.493 e. The molecule has 0 aromatic heterocycles. The molecule has 9 heteroatoms. The summed E-state index contributed by atoms with van der Waals surface area (Å²) >= 11 is 12.2. The number of nitrogen functional groups attached to an aromatic ring is 1. The standard InChI is InChI=1S/C24H32Cl2N4O3/c1-29(10-6-28-18-14-19(25)24(27)20(26)15-18)7-4-8-30-9-5-16-11-21(32-2)22(33-3)12-17(16)13-23(30)31/h11-12,14-15,28H,4-10,13,27H2,1-3H3. The van der Waals surface area contributed by atoms with E-state index >= 15 is 0 Å². The molecule has 3 rings (SSSR count). The van der Waals surface area contributed by atoms with Gasteiger partial charge in [0, 0.05) is 31.9 Å². The zero-order chi connectivity index (χ0) is 24.0. The Hall–Kier alpha value is -2.35. The molecule has 3 N–H and O–H groups in total. The van der Waals surface area contributed by atoms with E-state index in [1.807, 2.05) is 17.0 Å². The van der Waals surface area contributed by atoms with Crippen LogP contribution in [0.3, 0.4) is 0 Å². The molecule has 2 aromatic rings. The van der Waals surface area contributed by atoms with Crippen LogP contribution in [-0.2, 0) is 17.6 Å². The molecule has 0 bridgehead atoms. The molecule has 1 amide bonds. The highest BCUT2D eigenvalue weighted by Gasteiger charge is 2.22. The van der Waals surface area contributed by atoms with E-state index in [-0.39, 0.29) is 5.91 Å². The maximum atomic E-state index is 12.8. The fourth-order valence-corrected chi connectivity index (χ4v) is 4.46. The van der Waals surface area contributed by atoms with Gasteiger partial charge in [-0.3, -0.25) is 4.79 Å². The van der Waals surface area contributed by atoms with Crippen LogP contribution in [0.1, 0.15) is 17.5 Å². The fourth-order valence-electron chi connectivity index (χ4n) is 3.97. The van der Waals surface area contributed by atoms with Crippen molar-refractivity contribution >= 4 is 40.5 Å². The molecule has 7 nitrogen and oxygen atoms in total. The van der Waals surface area contributed by atoms with Gasteiger partial charge in [-0.25, -0.2) is 0 Å². The number of nitrogens with two attached hydrogens (primary N) is 1. The first-order chi connectivity index (χ1) is 15.8. The maximum absolute atomic E-state index is 12.8. The SMILES string of the molecule is COc1cc2c(cc1OC)CC(=O)N(CCCN(C)CCNc1cc(Cl)c(N)c(Cl)c1)CC2. The number of carbonyl (C=O) groups is 1. The third-order valence-corrected chi connectivity index (χ3v) is 6.55. The van der Waals surface area contributed by atoms with Crippen LogP contribution in [0, 0.1) is 0 Å². The highest BCUT2D eigenvalue weighted by molar-refractivity contribution is 6.39. The van der Waals surface area contributed by atoms with Crippen molar-refractivity contribution in [3.05, 3.63) is 45.4 Å². The molecule has 0 fully saturated rings. The van der Waals surface area contributed by atoms with Gasteiger partial charge in [0.15, 0.2) is 11.5 Å². The molecule has 0 aliphatic carbocycles. The van der Waals surface area contributed by atoms with Gasteiger partial charge in [-0.2, -0.15) is 0 Å². The summed E-state index contributed by atoms with van der Waals surface area (Å²) in [6, 6.07) is 7.47. The second-order valence-corrected chi connectivity index (χ2v) is 9.04. The van der Waals surface area contributed by atoms with E-state index in [4.69, 9.17) is 38.4 Å². The Morgan fingerprint density at radius 1 is 1.06 bits per heavy atom. The van der Waals surface area contributed by atoms with Crippen LogP contribution in [0.15, 0.2) is 24.3 Å². The number of hydrogen-bond acceptors (Lipinski definition) is 6. The van der Waals surface area contributed by atoms with Crippen molar-refractivity contribution in [1.82, 2.24) is 9.80 Å². The Morgan fingerprint density at radius 3 is 2.33 bits per heavy atom. The van der Waals surface area contributed by atoms with Crippen LogP contribution >= 0.6 is 23.2 Å². The molecule has 1 aliphatic heterocycles. The van der Waals surface area contributed by atoms with Crippen molar-refractivity contribution < 1.29 is 14.3 Å². The van der Waals surface area contributed by atoms with E-state index in [9.17, 15) is 4.79 Å². The number of carbonyl (C=O) groups excluding carboxylic acids is 1. The number of amides is 1. The quantitative estimate of drug-likeness (QED) is 0.486. The molecule has 1 aliphatic rings. The second-order valence-electron chi connectivity index (χ2n) is 8.22. The molecular formula is C24H32Cl2N4O3. The van der Waals surface area contributed by atoms with Gasteiger partial charge in [0.1, 0.15) is 0 Å². The molecular weight excluding hydrogens is 463 g/mol. The number of halogens is 2. The number of hydrogen-bond donors (Lipinski definition) is 2. The molecule has 180 valence electrons.